The van der Waals surface area contributed by atoms with Crippen LogP contribution >= 0.6 is 11.3 Å². The van der Waals surface area contributed by atoms with Gasteiger partial charge in [-0.25, -0.2) is 4.39 Å². The molecule has 2 aromatic heterocycles. The molecule has 0 fully saturated rings. The zero-order chi connectivity index (χ0) is 19.0. The Labute approximate surface area is 157 Å². The molecule has 0 aliphatic heterocycles. The Balaban J connectivity index is 1.63. The van der Waals surface area contributed by atoms with Crippen LogP contribution in [0.3, 0.4) is 0 Å². The fraction of sp³-hybridized carbons (Fsp3) is 0.105. The Morgan fingerprint density at radius 3 is 2.89 bits per heavy atom. The number of thiophene rings is 1. The molecule has 4 rings (SSSR count). The highest BCUT2D eigenvalue weighted by Crippen LogP contribution is 2.28. The normalized spacial score (nSPS) is 11.0. The molecule has 0 atom stereocenters. The molecule has 8 heteroatoms. The van der Waals surface area contributed by atoms with Crippen molar-refractivity contribution >= 4 is 27.2 Å². The van der Waals surface area contributed by atoms with E-state index >= 15 is 0 Å². The molecule has 0 saturated heterocycles. The molecule has 2 aromatic carbocycles. The van der Waals surface area contributed by atoms with E-state index in [-0.39, 0.29) is 22.9 Å². The van der Waals surface area contributed by atoms with Crippen LogP contribution in [0.1, 0.15) is 5.56 Å². The maximum atomic E-state index is 13.6. The van der Waals surface area contributed by atoms with Gasteiger partial charge in [0.15, 0.2) is 5.82 Å². The maximum absolute atomic E-state index is 13.6. The molecule has 0 spiro atoms. The Morgan fingerprint density at radius 2 is 2.07 bits per heavy atom. The van der Waals surface area contributed by atoms with E-state index in [4.69, 9.17) is 0 Å². The van der Waals surface area contributed by atoms with Gasteiger partial charge in [-0.1, -0.05) is 18.2 Å². The van der Waals surface area contributed by atoms with Crippen molar-refractivity contribution in [1.29, 1.82) is 0 Å². The number of phenols is 1. The van der Waals surface area contributed by atoms with Crippen molar-refractivity contribution in [1.82, 2.24) is 14.8 Å². The second-order valence-electron chi connectivity index (χ2n) is 6.05. The van der Waals surface area contributed by atoms with Gasteiger partial charge in [0.05, 0.1) is 0 Å². The van der Waals surface area contributed by atoms with Gasteiger partial charge in [-0.3, -0.25) is 9.36 Å². The lowest BCUT2D eigenvalue weighted by Gasteiger charge is -2.10. The summed E-state index contributed by atoms with van der Waals surface area (Å²) in [6.45, 7) is 0.331. The van der Waals surface area contributed by atoms with E-state index in [0.29, 0.717) is 23.3 Å². The van der Waals surface area contributed by atoms with E-state index in [1.807, 2.05) is 6.07 Å². The standard InChI is InChI=1S/C19H15FN4O2S/c1-24-18(12-5-6-14-15(20)10-27-16(14)8-12)23-22-17(19(24)26)21-9-11-3-2-4-13(25)7-11/h2-8,10,25H,9H2,1H3,(H,21,22). The van der Waals surface area contributed by atoms with Crippen LogP contribution in [-0.4, -0.2) is 19.9 Å². The van der Waals surface area contributed by atoms with Crippen LogP contribution in [-0.2, 0) is 13.6 Å². The van der Waals surface area contributed by atoms with Crippen molar-refractivity contribution in [3.05, 3.63) is 69.6 Å². The number of nitrogens with zero attached hydrogens (tertiary/aromatic N) is 3. The SMILES string of the molecule is Cn1c(-c2ccc3c(F)csc3c2)nnc(NCc2cccc(O)c2)c1=O. The summed E-state index contributed by atoms with van der Waals surface area (Å²) < 4.78 is 15.8. The smallest absolute Gasteiger partial charge is 0.296 e. The zero-order valence-corrected chi connectivity index (χ0v) is 15.1. The van der Waals surface area contributed by atoms with Gasteiger partial charge in [-0.2, -0.15) is 0 Å². The van der Waals surface area contributed by atoms with Gasteiger partial charge in [0.1, 0.15) is 11.6 Å². The largest absolute Gasteiger partial charge is 0.508 e. The molecular formula is C19H15FN4O2S. The lowest BCUT2D eigenvalue weighted by Crippen LogP contribution is -2.25. The molecule has 0 saturated carbocycles. The van der Waals surface area contributed by atoms with Crippen molar-refractivity contribution in [2.45, 2.75) is 6.54 Å². The Hall–Kier alpha value is -3.26. The fourth-order valence-electron chi connectivity index (χ4n) is 2.81. The highest BCUT2D eigenvalue weighted by atomic mass is 32.1. The van der Waals surface area contributed by atoms with Crippen LogP contribution in [0.15, 0.2) is 52.6 Å². The fourth-order valence-corrected chi connectivity index (χ4v) is 3.66. The van der Waals surface area contributed by atoms with Gasteiger partial charge in [0.2, 0.25) is 5.82 Å². The predicted molar refractivity (Wildman–Crippen MR) is 103 cm³/mol. The summed E-state index contributed by atoms with van der Waals surface area (Å²) in [5.74, 6) is 0.420. The quantitative estimate of drug-likeness (QED) is 0.565. The molecule has 0 bridgehead atoms. The summed E-state index contributed by atoms with van der Waals surface area (Å²) >= 11 is 1.30. The van der Waals surface area contributed by atoms with Crippen LogP contribution in [0.4, 0.5) is 10.2 Å². The number of aromatic nitrogens is 3. The number of anilines is 1. The lowest BCUT2D eigenvalue weighted by atomic mass is 10.1. The molecule has 27 heavy (non-hydrogen) atoms. The van der Waals surface area contributed by atoms with Crippen LogP contribution < -0.4 is 10.9 Å². The molecule has 136 valence electrons. The monoisotopic (exact) mass is 382 g/mol. The van der Waals surface area contributed by atoms with Gasteiger partial charge >= 0.3 is 0 Å². The second kappa shape index (κ2) is 6.81. The first kappa shape index (κ1) is 17.2. The minimum Gasteiger partial charge on any atom is -0.508 e. The lowest BCUT2D eigenvalue weighted by molar-refractivity contribution is 0.474. The molecule has 6 nitrogen and oxygen atoms in total. The number of phenolic OH excluding ortho intramolecular Hbond substituents is 1. The van der Waals surface area contributed by atoms with E-state index in [9.17, 15) is 14.3 Å². The first-order chi connectivity index (χ1) is 13.0. The third kappa shape index (κ3) is 3.26. The average Bonchev–Trinajstić information content (AvgIpc) is 3.03. The first-order valence-electron chi connectivity index (χ1n) is 8.15. The Kier molecular flexibility index (Phi) is 4.33. The first-order valence-corrected chi connectivity index (χ1v) is 9.03. The van der Waals surface area contributed by atoms with E-state index in [1.54, 1.807) is 43.4 Å². The van der Waals surface area contributed by atoms with Crippen molar-refractivity contribution in [2.24, 2.45) is 7.05 Å². The van der Waals surface area contributed by atoms with Crippen LogP contribution in [0, 0.1) is 5.82 Å². The van der Waals surface area contributed by atoms with Crippen molar-refractivity contribution in [3.63, 3.8) is 0 Å². The number of aromatic hydroxyl groups is 1. The highest BCUT2D eigenvalue weighted by Gasteiger charge is 2.13. The average molecular weight is 382 g/mol. The predicted octanol–water partition coefficient (Wildman–Crippen LogP) is 3.51. The number of hydrogen-bond donors (Lipinski definition) is 2. The van der Waals surface area contributed by atoms with Crippen LogP contribution in [0.2, 0.25) is 0 Å². The van der Waals surface area contributed by atoms with Gasteiger partial charge < -0.3 is 10.4 Å². The van der Waals surface area contributed by atoms with Crippen molar-refractivity contribution in [3.8, 4) is 17.1 Å². The summed E-state index contributed by atoms with van der Waals surface area (Å²) in [6.07, 6.45) is 0. The molecular weight excluding hydrogens is 367 g/mol. The molecule has 0 aliphatic rings. The van der Waals surface area contributed by atoms with E-state index in [1.165, 1.54) is 21.3 Å². The number of nitrogens with one attached hydrogen (secondary N) is 1. The number of hydrogen-bond acceptors (Lipinski definition) is 6. The summed E-state index contributed by atoms with van der Waals surface area (Å²) in [4.78, 5) is 12.6. The number of halogens is 1. The van der Waals surface area contributed by atoms with Gasteiger partial charge in [-0.15, -0.1) is 21.5 Å². The highest BCUT2D eigenvalue weighted by molar-refractivity contribution is 7.17. The number of rotatable bonds is 4. The minimum absolute atomic E-state index is 0.118. The topological polar surface area (TPSA) is 80.0 Å². The van der Waals surface area contributed by atoms with E-state index < -0.39 is 0 Å². The third-order valence-electron chi connectivity index (χ3n) is 4.23. The van der Waals surface area contributed by atoms with Crippen molar-refractivity contribution in [2.75, 3.05) is 5.32 Å². The van der Waals surface area contributed by atoms with E-state index in [0.717, 1.165) is 10.3 Å². The summed E-state index contributed by atoms with van der Waals surface area (Å²) in [7, 11) is 1.62. The molecule has 2 heterocycles. The summed E-state index contributed by atoms with van der Waals surface area (Å²) in [5.41, 5.74) is 1.18. The second-order valence-corrected chi connectivity index (χ2v) is 6.97. The molecule has 0 amide bonds. The number of benzene rings is 2. The summed E-state index contributed by atoms with van der Waals surface area (Å²) in [5, 5.41) is 22.6. The Bertz CT molecular complexity index is 1200. The van der Waals surface area contributed by atoms with Gasteiger partial charge in [0, 0.05) is 34.6 Å². The maximum Gasteiger partial charge on any atom is 0.296 e. The van der Waals surface area contributed by atoms with Crippen molar-refractivity contribution < 1.29 is 9.50 Å². The zero-order valence-electron chi connectivity index (χ0n) is 14.3. The van der Waals surface area contributed by atoms with Crippen LogP contribution in [0.5, 0.6) is 5.75 Å². The number of fused-ring (bicyclic) bond motifs is 1. The van der Waals surface area contributed by atoms with Crippen LogP contribution in [0.25, 0.3) is 21.5 Å². The summed E-state index contributed by atoms with van der Waals surface area (Å²) in [6, 6.07) is 11.9. The van der Waals surface area contributed by atoms with Gasteiger partial charge in [-0.05, 0) is 29.8 Å². The molecule has 0 radical (unpaired) electrons. The Morgan fingerprint density at radius 1 is 1.22 bits per heavy atom. The molecule has 0 unspecified atom stereocenters. The molecule has 4 aromatic rings. The van der Waals surface area contributed by atoms with Gasteiger partial charge in [0.25, 0.3) is 5.56 Å². The third-order valence-corrected chi connectivity index (χ3v) is 5.14. The molecule has 0 aliphatic carbocycles. The molecule has 2 N–H and O–H groups in total. The van der Waals surface area contributed by atoms with E-state index in [2.05, 4.69) is 15.5 Å². The minimum atomic E-state index is -0.322.